The van der Waals surface area contributed by atoms with Crippen LogP contribution in [0.25, 0.3) is 5.57 Å². The fourth-order valence-electron chi connectivity index (χ4n) is 1.90. The van der Waals surface area contributed by atoms with Crippen LogP contribution >= 0.6 is 7.60 Å². The molecule has 0 spiro atoms. The summed E-state index contributed by atoms with van der Waals surface area (Å²) in [6, 6.07) is 9.25. The van der Waals surface area contributed by atoms with Crippen molar-refractivity contribution in [2.45, 2.75) is 27.2 Å². The fraction of sp³-hybridized carbons (Fsp3) is 0.438. The number of hydrogen-bond donors (Lipinski definition) is 0. The average Bonchev–Trinajstić information content (AvgIpc) is 2.48. The summed E-state index contributed by atoms with van der Waals surface area (Å²) in [4.78, 5) is 11.8. The average molecular weight is 326 g/mol. The van der Waals surface area contributed by atoms with Crippen molar-refractivity contribution in [3.05, 3.63) is 41.7 Å². The van der Waals surface area contributed by atoms with Gasteiger partial charge < -0.3 is 13.8 Å². The number of ether oxygens (including phenoxy) is 1. The van der Waals surface area contributed by atoms with E-state index in [0.717, 1.165) is 5.56 Å². The molecule has 0 aliphatic rings. The largest absolute Gasteiger partial charge is 0.466 e. The Morgan fingerprint density at radius 1 is 1.05 bits per heavy atom. The lowest BCUT2D eigenvalue weighted by Gasteiger charge is -2.15. The molecule has 0 bridgehead atoms. The molecule has 0 heterocycles. The van der Waals surface area contributed by atoms with Crippen LogP contribution in [0.3, 0.4) is 0 Å². The molecule has 0 aromatic heterocycles. The van der Waals surface area contributed by atoms with Gasteiger partial charge in [0.15, 0.2) is 0 Å². The Hall–Kier alpha value is -1.42. The molecule has 0 unspecified atom stereocenters. The molecule has 0 radical (unpaired) electrons. The Balaban J connectivity index is 3.15. The topological polar surface area (TPSA) is 61.8 Å². The second-order valence-corrected chi connectivity index (χ2v) is 6.23. The quantitative estimate of drug-likeness (QED) is 0.501. The summed E-state index contributed by atoms with van der Waals surface area (Å²) in [5, 5.41) is 0. The van der Waals surface area contributed by atoms with Crippen molar-refractivity contribution in [1.82, 2.24) is 0 Å². The molecule has 0 aliphatic carbocycles. The minimum absolute atomic E-state index is 0.0159. The first kappa shape index (κ1) is 18.6. The van der Waals surface area contributed by atoms with Crippen LogP contribution in [-0.2, 0) is 23.1 Å². The van der Waals surface area contributed by atoms with Crippen molar-refractivity contribution in [1.29, 1.82) is 0 Å². The number of carbonyl (C=O) groups is 1. The van der Waals surface area contributed by atoms with E-state index in [1.807, 2.05) is 30.3 Å². The van der Waals surface area contributed by atoms with E-state index in [0.29, 0.717) is 12.2 Å². The zero-order valence-electron chi connectivity index (χ0n) is 13.3. The van der Waals surface area contributed by atoms with E-state index in [2.05, 4.69) is 0 Å². The molecule has 22 heavy (non-hydrogen) atoms. The van der Waals surface area contributed by atoms with Gasteiger partial charge in [-0.2, -0.15) is 0 Å². The Morgan fingerprint density at radius 2 is 1.64 bits per heavy atom. The summed E-state index contributed by atoms with van der Waals surface area (Å²) in [7, 11) is -3.39. The lowest BCUT2D eigenvalue weighted by molar-refractivity contribution is -0.141. The predicted molar refractivity (Wildman–Crippen MR) is 86.5 cm³/mol. The van der Waals surface area contributed by atoms with Gasteiger partial charge in [-0.05, 0) is 31.9 Å². The Bertz CT molecular complexity index is 529. The zero-order chi connectivity index (χ0) is 16.4. The first-order valence-corrected chi connectivity index (χ1v) is 8.97. The van der Waals surface area contributed by atoms with Gasteiger partial charge in [0.1, 0.15) is 0 Å². The molecule has 0 amide bonds. The fourth-order valence-corrected chi connectivity index (χ4v) is 3.47. The highest BCUT2D eigenvalue weighted by Gasteiger charge is 2.23. The maximum atomic E-state index is 12.7. The molecule has 0 saturated carbocycles. The van der Waals surface area contributed by atoms with Gasteiger partial charge in [-0.1, -0.05) is 30.3 Å². The van der Waals surface area contributed by atoms with Gasteiger partial charge in [0.05, 0.1) is 26.2 Å². The highest BCUT2D eigenvalue weighted by Crippen LogP contribution is 2.52. The van der Waals surface area contributed by atoms with Crippen molar-refractivity contribution in [3.8, 4) is 0 Å². The molecule has 1 aromatic carbocycles. The maximum absolute atomic E-state index is 12.7. The second kappa shape index (κ2) is 9.57. The smallest absolute Gasteiger partial charge is 0.354 e. The van der Waals surface area contributed by atoms with Gasteiger partial charge in [-0.15, -0.1) is 0 Å². The van der Waals surface area contributed by atoms with E-state index >= 15 is 0 Å². The van der Waals surface area contributed by atoms with E-state index in [9.17, 15) is 9.36 Å². The minimum atomic E-state index is -3.39. The van der Waals surface area contributed by atoms with Gasteiger partial charge >= 0.3 is 13.6 Å². The molecule has 0 saturated heterocycles. The van der Waals surface area contributed by atoms with Crippen molar-refractivity contribution in [2.75, 3.05) is 19.8 Å². The maximum Gasteiger partial charge on any atom is 0.354 e. The van der Waals surface area contributed by atoms with Crippen molar-refractivity contribution < 1.29 is 23.1 Å². The summed E-state index contributed by atoms with van der Waals surface area (Å²) in [6.45, 7) is 6.05. The van der Waals surface area contributed by atoms with E-state index in [1.165, 1.54) is 5.82 Å². The molecule has 0 N–H and O–H groups in total. The number of esters is 1. The van der Waals surface area contributed by atoms with Crippen molar-refractivity contribution >= 4 is 19.1 Å². The van der Waals surface area contributed by atoms with Crippen LogP contribution in [0.5, 0.6) is 0 Å². The van der Waals surface area contributed by atoms with Gasteiger partial charge in [0.25, 0.3) is 0 Å². The SMILES string of the molecule is CCOC(=O)CC(=CP(=O)(OCC)OCC)c1ccccc1. The summed E-state index contributed by atoms with van der Waals surface area (Å²) >= 11 is 0. The predicted octanol–water partition coefficient (Wildman–Crippen LogP) is 4.25. The van der Waals surface area contributed by atoms with E-state index in [1.54, 1.807) is 20.8 Å². The molecule has 0 atom stereocenters. The number of benzene rings is 1. The van der Waals surface area contributed by atoms with Gasteiger partial charge in [-0.3, -0.25) is 9.36 Å². The molecule has 1 aromatic rings. The third-order valence-corrected chi connectivity index (χ3v) is 4.58. The molecule has 5 nitrogen and oxygen atoms in total. The Labute approximate surface area is 131 Å². The van der Waals surface area contributed by atoms with Crippen molar-refractivity contribution in [3.63, 3.8) is 0 Å². The summed E-state index contributed by atoms with van der Waals surface area (Å²) in [5.74, 6) is 1.05. The Morgan fingerprint density at radius 3 is 2.14 bits per heavy atom. The monoisotopic (exact) mass is 326 g/mol. The minimum Gasteiger partial charge on any atom is -0.466 e. The number of rotatable bonds is 9. The molecular formula is C16H23O5P. The number of hydrogen-bond acceptors (Lipinski definition) is 5. The lowest BCUT2D eigenvalue weighted by Crippen LogP contribution is -2.05. The van der Waals surface area contributed by atoms with Crippen LogP contribution in [0, 0.1) is 0 Å². The molecule has 6 heteroatoms. The van der Waals surface area contributed by atoms with Gasteiger partial charge in [0.2, 0.25) is 0 Å². The van der Waals surface area contributed by atoms with Crippen LogP contribution in [-0.4, -0.2) is 25.8 Å². The highest BCUT2D eigenvalue weighted by atomic mass is 31.2. The summed E-state index contributed by atoms with van der Waals surface area (Å²) in [5.41, 5.74) is 1.36. The lowest BCUT2D eigenvalue weighted by atomic mass is 10.1. The van der Waals surface area contributed by atoms with Gasteiger partial charge in [0, 0.05) is 5.82 Å². The molecule has 1 rings (SSSR count). The first-order chi connectivity index (χ1) is 10.5. The second-order valence-electron chi connectivity index (χ2n) is 4.38. The normalized spacial score (nSPS) is 12.2. The van der Waals surface area contributed by atoms with Crippen LogP contribution in [0.15, 0.2) is 36.1 Å². The van der Waals surface area contributed by atoms with Crippen LogP contribution < -0.4 is 0 Å². The molecule has 122 valence electrons. The van der Waals surface area contributed by atoms with E-state index in [-0.39, 0.29) is 25.6 Å². The first-order valence-electron chi connectivity index (χ1n) is 7.36. The van der Waals surface area contributed by atoms with Crippen LogP contribution in [0.4, 0.5) is 0 Å². The Kier molecular flexibility index (Phi) is 8.10. The van der Waals surface area contributed by atoms with E-state index < -0.39 is 7.60 Å². The van der Waals surface area contributed by atoms with Crippen LogP contribution in [0.2, 0.25) is 0 Å². The van der Waals surface area contributed by atoms with E-state index in [4.69, 9.17) is 13.8 Å². The zero-order valence-corrected chi connectivity index (χ0v) is 14.2. The summed E-state index contributed by atoms with van der Waals surface area (Å²) in [6.07, 6.45) is 0.0159. The highest BCUT2D eigenvalue weighted by molar-refractivity contribution is 7.57. The summed E-state index contributed by atoms with van der Waals surface area (Å²) < 4.78 is 28.2. The third-order valence-electron chi connectivity index (χ3n) is 2.72. The molecule has 0 aliphatic heterocycles. The third kappa shape index (κ3) is 6.14. The molecule has 0 fully saturated rings. The number of carbonyl (C=O) groups excluding carboxylic acids is 1. The van der Waals surface area contributed by atoms with Gasteiger partial charge in [-0.25, -0.2) is 0 Å². The van der Waals surface area contributed by atoms with Crippen molar-refractivity contribution in [2.24, 2.45) is 0 Å². The van der Waals surface area contributed by atoms with Crippen LogP contribution in [0.1, 0.15) is 32.8 Å². The molecular weight excluding hydrogens is 303 g/mol. The standard InChI is InChI=1S/C16H23O5P/c1-4-19-16(17)12-15(14-10-8-7-9-11-14)13-22(18,20-5-2)21-6-3/h7-11,13H,4-6,12H2,1-3H3.